The van der Waals surface area contributed by atoms with Crippen molar-refractivity contribution in [2.45, 2.75) is 19.3 Å². The first-order chi connectivity index (χ1) is 12.2. The molecule has 5 nitrogen and oxygen atoms in total. The fourth-order valence-corrected chi connectivity index (χ4v) is 3.24. The van der Waals surface area contributed by atoms with Crippen molar-refractivity contribution in [1.82, 2.24) is 9.78 Å². The molecule has 2 aromatic carbocycles. The van der Waals surface area contributed by atoms with Crippen LogP contribution in [0, 0.1) is 6.92 Å². The second kappa shape index (κ2) is 6.09. The lowest BCUT2D eigenvalue weighted by molar-refractivity contribution is -0.116. The Morgan fingerprint density at radius 1 is 1.12 bits per heavy atom. The number of carbonyl (C=O) groups is 1. The number of nitrogens with zero attached hydrogens (tertiary/aromatic N) is 2. The molecule has 1 unspecified atom stereocenters. The van der Waals surface area contributed by atoms with Crippen LogP contribution in [0.15, 0.2) is 54.7 Å². The molecule has 0 bridgehead atoms. The molecule has 1 aliphatic heterocycles. The molecular weight excluding hydrogens is 314 g/mol. The lowest BCUT2D eigenvalue weighted by Gasteiger charge is -2.24. The Kier molecular flexibility index (Phi) is 3.76. The Labute approximate surface area is 146 Å². The summed E-state index contributed by atoms with van der Waals surface area (Å²) in [6.45, 7) is 2.05. The molecule has 0 radical (unpaired) electrons. The first-order valence-corrected chi connectivity index (χ1v) is 8.24. The van der Waals surface area contributed by atoms with Crippen LogP contribution in [-0.4, -0.2) is 22.8 Å². The molecule has 1 atom stereocenters. The molecule has 0 saturated heterocycles. The van der Waals surface area contributed by atoms with Gasteiger partial charge in [-0.25, -0.2) is 4.68 Å². The molecule has 0 fully saturated rings. The maximum absolute atomic E-state index is 12.3. The van der Waals surface area contributed by atoms with E-state index in [0.29, 0.717) is 6.42 Å². The summed E-state index contributed by atoms with van der Waals surface area (Å²) < 4.78 is 7.02. The molecule has 4 rings (SSSR count). The molecule has 0 aliphatic carbocycles. The third kappa shape index (κ3) is 2.78. The second-order valence-electron chi connectivity index (χ2n) is 6.27. The third-order valence-corrected chi connectivity index (χ3v) is 4.62. The van der Waals surface area contributed by atoms with Crippen LogP contribution in [0.5, 0.6) is 5.75 Å². The number of benzene rings is 2. The summed E-state index contributed by atoms with van der Waals surface area (Å²) in [6.07, 6.45) is 2.27. The normalized spacial score (nSPS) is 16.2. The predicted octanol–water partition coefficient (Wildman–Crippen LogP) is 3.66. The van der Waals surface area contributed by atoms with Crippen molar-refractivity contribution in [3.63, 3.8) is 0 Å². The van der Waals surface area contributed by atoms with E-state index in [2.05, 4.69) is 10.4 Å². The van der Waals surface area contributed by atoms with Crippen molar-refractivity contribution < 1.29 is 9.53 Å². The van der Waals surface area contributed by atoms with Crippen molar-refractivity contribution in [1.29, 1.82) is 0 Å². The number of methoxy groups -OCH3 is 1. The van der Waals surface area contributed by atoms with Gasteiger partial charge in [-0.15, -0.1) is 0 Å². The lowest BCUT2D eigenvalue weighted by Crippen LogP contribution is -2.24. The molecule has 126 valence electrons. The number of hydrogen-bond acceptors (Lipinski definition) is 3. The number of nitrogens with one attached hydrogen (secondary N) is 1. The number of carbonyl (C=O) groups excluding carboxylic acids is 1. The fraction of sp³-hybridized carbons (Fsp3) is 0.200. The molecule has 1 amide bonds. The first-order valence-electron chi connectivity index (χ1n) is 8.24. The molecule has 1 N–H and O–H groups in total. The van der Waals surface area contributed by atoms with Crippen LogP contribution in [0.3, 0.4) is 0 Å². The summed E-state index contributed by atoms with van der Waals surface area (Å²) in [7, 11) is 1.65. The molecule has 0 saturated carbocycles. The van der Waals surface area contributed by atoms with Gasteiger partial charge < -0.3 is 10.1 Å². The maximum Gasteiger partial charge on any atom is 0.226 e. The number of hydrogen-bond donors (Lipinski definition) is 1. The Morgan fingerprint density at radius 3 is 2.52 bits per heavy atom. The Hall–Kier alpha value is -3.08. The summed E-state index contributed by atoms with van der Waals surface area (Å²) in [5, 5.41) is 7.50. The van der Waals surface area contributed by atoms with Crippen LogP contribution >= 0.6 is 0 Å². The minimum Gasteiger partial charge on any atom is -0.497 e. The highest BCUT2D eigenvalue weighted by Gasteiger charge is 2.30. The summed E-state index contributed by atoms with van der Waals surface area (Å²) in [6, 6.07) is 15.9. The van der Waals surface area contributed by atoms with Crippen LogP contribution in [0.4, 0.5) is 5.82 Å². The van der Waals surface area contributed by atoms with Gasteiger partial charge in [-0.2, -0.15) is 5.10 Å². The van der Waals surface area contributed by atoms with Gasteiger partial charge in [0.2, 0.25) is 5.91 Å². The Balaban J connectivity index is 1.76. The minimum atomic E-state index is -0.00569. The standard InChI is InChI=1S/C20H19N3O2/c1-13-3-7-15(8-4-13)23-20-18(12-21-23)17(11-19(24)22-20)14-5-9-16(25-2)10-6-14/h3-10,12,17H,11H2,1-2H3,(H,22,24). The topological polar surface area (TPSA) is 56.1 Å². The zero-order valence-corrected chi connectivity index (χ0v) is 14.2. The molecular formula is C20H19N3O2. The number of aromatic nitrogens is 2. The van der Waals surface area contributed by atoms with E-state index in [-0.39, 0.29) is 11.8 Å². The van der Waals surface area contributed by atoms with E-state index in [1.165, 1.54) is 5.56 Å². The van der Waals surface area contributed by atoms with E-state index in [9.17, 15) is 4.79 Å². The highest BCUT2D eigenvalue weighted by Crippen LogP contribution is 2.38. The van der Waals surface area contributed by atoms with Crippen molar-refractivity contribution in [3.05, 3.63) is 71.4 Å². The minimum absolute atomic E-state index is 0.00202. The zero-order chi connectivity index (χ0) is 17.4. The van der Waals surface area contributed by atoms with E-state index in [1.807, 2.05) is 61.7 Å². The van der Waals surface area contributed by atoms with Crippen LogP contribution in [-0.2, 0) is 4.79 Å². The highest BCUT2D eigenvalue weighted by atomic mass is 16.5. The van der Waals surface area contributed by atoms with Crippen LogP contribution in [0.1, 0.15) is 29.0 Å². The van der Waals surface area contributed by atoms with Gasteiger partial charge in [0.1, 0.15) is 11.6 Å². The summed E-state index contributed by atoms with van der Waals surface area (Å²) in [5.74, 6) is 1.55. The van der Waals surface area contributed by atoms with Crippen molar-refractivity contribution in [2.75, 3.05) is 12.4 Å². The van der Waals surface area contributed by atoms with Crippen molar-refractivity contribution >= 4 is 11.7 Å². The quantitative estimate of drug-likeness (QED) is 0.796. The van der Waals surface area contributed by atoms with E-state index in [1.54, 1.807) is 11.8 Å². The average Bonchev–Trinajstić information content (AvgIpc) is 3.05. The van der Waals surface area contributed by atoms with Gasteiger partial charge >= 0.3 is 0 Å². The lowest BCUT2D eigenvalue weighted by atomic mass is 9.87. The zero-order valence-electron chi connectivity index (χ0n) is 14.2. The predicted molar refractivity (Wildman–Crippen MR) is 96.4 cm³/mol. The van der Waals surface area contributed by atoms with E-state index < -0.39 is 0 Å². The Bertz CT molecular complexity index is 911. The molecule has 2 heterocycles. The monoisotopic (exact) mass is 333 g/mol. The molecule has 0 spiro atoms. The van der Waals surface area contributed by atoms with Crippen LogP contribution in [0.25, 0.3) is 5.69 Å². The van der Waals surface area contributed by atoms with Crippen molar-refractivity contribution in [2.24, 2.45) is 0 Å². The van der Waals surface area contributed by atoms with Gasteiger partial charge in [0.15, 0.2) is 0 Å². The van der Waals surface area contributed by atoms with Crippen LogP contribution < -0.4 is 10.1 Å². The van der Waals surface area contributed by atoms with Crippen LogP contribution in [0.2, 0.25) is 0 Å². The molecule has 25 heavy (non-hydrogen) atoms. The average molecular weight is 333 g/mol. The molecule has 1 aromatic heterocycles. The van der Waals surface area contributed by atoms with E-state index in [0.717, 1.165) is 28.4 Å². The second-order valence-corrected chi connectivity index (χ2v) is 6.27. The first kappa shape index (κ1) is 15.4. The Morgan fingerprint density at radius 2 is 1.84 bits per heavy atom. The van der Waals surface area contributed by atoms with Gasteiger partial charge in [0.05, 0.1) is 19.0 Å². The summed E-state index contributed by atoms with van der Waals surface area (Å²) >= 11 is 0. The van der Waals surface area contributed by atoms with Gasteiger partial charge in [0, 0.05) is 17.9 Å². The number of aryl methyl sites for hydroxylation is 1. The van der Waals surface area contributed by atoms with Gasteiger partial charge in [-0.1, -0.05) is 29.8 Å². The number of amides is 1. The highest BCUT2D eigenvalue weighted by molar-refractivity contribution is 5.94. The summed E-state index contributed by atoms with van der Waals surface area (Å²) in [5.41, 5.74) is 4.23. The number of anilines is 1. The van der Waals surface area contributed by atoms with Gasteiger partial charge in [-0.3, -0.25) is 4.79 Å². The number of fused-ring (bicyclic) bond motifs is 1. The van der Waals surface area contributed by atoms with E-state index >= 15 is 0 Å². The molecule has 5 heteroatoms. The summed E-state index contributed by atoms with van der Waals surface area (Å²) in [4.78, 5) is 12.3. The SMILES string of the molecule is COc1ccc(C2CC(=O)Nc3c2cnn3-c2ccc(C)cc2)cc1. The molecule has 3 aromatic rings. The van der Waals surface area contributed by atoms with Crippen molar-refractivity contribution in [3.8, 4) is 11.4 Å². The van der Waals surface area contributed by atoms with Gasteiger partial charge in [-0.05, 0) is 36.8 Å². The number of ether oxygens (including phenoxy) is 1. The molecule has 1 aliphatic rings. The van der Waals surface area contributed by atoms with E-state index in [4.69, 9.17) is 4.74 Å². The maximum atomic E-state index is 12.3. The largest absolute Gasteiger partial charge is 0.497 e. The number of rotatable bonds is 3. The fourth-order valence-electron chi connectivity index (χ4n) is 3.24. The van der Waals surface area contributed by atoms with Gasteiger partial charge in [0.25, 0.3) is 0 Å². The smallest absolute Gasteiger partial charge is 0.226 e. The third-order valence-electron chi connectivity index (χ3n) is 4.62.